The highest BCUT2D eigenvalue weighted by molar-refractivity contribution is 5.93. The van der Waals surface area contributed by atoms with E-state index in [1.165, 1.54) is 6.33 Å². The maximum Gasteiger partial charge on any atom is 0.132 e. The summed E-state index contributed by atoms with van der Waals surface area (Å²) in [5.74, 6) is 1.63. The maximum absolute atomic E-state index is 9.67. The van der Waals surface area contributed by atoms with Crippen LogP contribution in [-0.2, 0) is 4.74 Å². The van der Waals surface area contributed by atoms with Crippen molar-refractivity contribution in [2.24, 2.45) is 0 Å². The van der Waals surface area contributed by atoms with Gasteiger partial charge in [-0.15, -0.1) is 0 Å². The zero-order valence-electron chi connectivity index (χ0n) is 16.3. The molecule has 2 aliphatic rings. The Bertz CT molecular complexity index is 1080. The second-order valence-corrected chi connectivity index (χ2v) is 7.89. The molecule has 1 saturated carbocycles. The standard InChI is InChI=1S/C21H23N5O3/c1-13(27)18-11-26(7-8-28-18)19-10-17(22-12-23-19)20-15-9-14(29-21(2)5-6-21)3-4-16(15)24-25-20/h3-4,9-10,12,18,27H,1,5-8,11H2,2H3,(H,24,25)/t18-/m1/s1. The number of aliphatic hydroxyl groups is 1. The summed E-state index contributed by atoms with van der Waals surface area (Å²) in [6.07, 6.45) is 3.28. The van der Waals surface area contributed by atoms with Crippen LogP contribution in [0.1, 0.15) is 19.8 Å². The lowest BCUT2D eigenvalue weighted by atomic mass is 10.1. The van der Waals surface area contributed by atoms with Gasteiger partial charge in [-0.25, -0.2) is 9.97 Å². The normalized spacial score (nSPS) is 20.6. The molecule has 2 aromatic heterocycles. The molecule has 2 fully saturated rings. The van der Waals surface area contributed by atoms with Crippen LogP contribution in [0, 0.1) is 0 Å². The summed E-state index contributed by atoms with van der Waals surface area (Å²) in [6, 6.07) is 7.87. The van der Waals surface area contributed by atoms with Crippen LogP contribution in [0.2, 0.25) is 0 Å². The predicted molar refractivity (Wildman–Crippen MR) is 109 cm³/mol. The zero-order valence-corrected chi connectivity index (χ0v) is 16.3. The number of nitrogens with zero attached hydrogens (tertiary/aromatic N) is 4. The number of aromatic amines is 1. The van der Waals surface area contributed by atoms with Crippen LogP contribution >= 0.6 is 0 Å². The van der Waals surface area contributed by atoms with Gasteiger partial charge in [-0.1, -0.05) is 6.58 Å². The monoisotopic (exact) mass is 393 g/mol. The van der Waals surface area contributed by atoms with Crippen molar-refractivity contribution in [1.29, 1.82) is 0 Å². The number of benzene rings is 1. The van der Waals surface area contributed by atoms with E-state index in [4.69, 9.17) is 9.47 Å². The van der Waals surface area contributed by atoms with Gasteiger partial charge in [0.15, 0.2) is 0 Å². The number of aliphatic hydroxyl groups excluding tert-OH is 1. The molecule has 0 spiro atoms. The topological polar surface area (TPSA) is 96.4 Å². The predicted octanol–water partition coefficient (Wildman–Crippen LogP) is 3.23. The van der Waals surface area contributed by atoms with Gasteiger partial charge in [0.2, 0.25) is 0 Å². The average molecular weight is 393 g/mol. The van der Waals surface area contributed by atoms with Crippen molar-refractivity contribution in [2.75, 3.05) is 24.6 Å². The van der Waals surface area contributed by atoms with Crippen molar-refractivity contribution in [3.05, 3.63) is 42.9 Å². The summed E-state index contributed by atoms with van der Waals surface area (Å²) in [5, 5.41) is 18.2. The van der Waals surface area contributed by atoms with E-state index in [9.17, 15) is 5.11 Å². The first kappa shape index (κ1) is 17.9. The van der Waals surface area contributed by atoms with Gasteiger partial charge in [0.1, 0.15) is 41.1 Å². The molecule has 0 unspecified atom stereocenters. The fraction of sp³-hybridized carbons (Fsp3) is 0.381. The molecule has 1 saturated heterocycles. The number of hydrogen-bond donors (Lipinski definition) is 2. The molecule has 1 aliphatic carbocycles. The minimum atomic E-state index is -0.420. The quantitative estimate of drug-likeness (QED) is 0.643. The van der Waals surface area contributed by atoms with E-state index >= 15 is 0 Å². The van der Waals surface area contributed by atoms with E-state index in [0.717, 1.165) is 46.7 Å². The first-order valence-electron chi connectivity index (χ1n) is 9.75. The third-order valence-corrected chi connectivity index (χ3v) is 5.51. The molecule has 1 atom stereocenters. The maximum atomic E-state index is 9.67. The molecule has 3 heterocycles. The second-order valence-electron chi connectivity index (χ2n) is 7.89. The van der Waals surface area contributed by atoms with Gasteiger partial charge >= 0.3 is 0 Å². The minimum Gasteiger partial charge on any atom is -0.510 e. The Balaban J connectivity index is 1.46. The number of anilines is 1. The van der Waals surface area contributed by atoms with Crippen molar-refractivity contribution in [3.63, 3.8) is 0 Å². The number of hydrogen-bond acceptors (Lipinski definition) is 7. The fourth-order valence-corrected chi connectivity index (χ4v) is 3.52. The lowest BCUT2D eigenvalue weighted by Crippen LogP contribution is -2.43. The molecular weight excluding hydrogens is 370 g/mol. The molecule has 1 aliphatic heterocycles. The van der Waals surface area contributed by atoms with Crippen LogP contribution < -0.4 is 9.64 Å². The highest BCUT2D eigenvalue weighted by atomic mass is 16.5. The van der Waals surface area contributed by atoms with E-state index in [1.807, 2.05) is 24.3 Å². The summed E-state index contributed by atoms with van der Waals surface area (Å²) in [4.78, 5) is 10.9. The molecule has 1 aromatic carbocycles. The van der Waals surface area contributed by atoms with Crippen molar-refractivity contribution in [3.8, 4) is 17.1 Å². The third kappa shape index (κ3) is 3.51. The van der Waals surface area contributed by atoms with Crippen LogP contribution in [-0.4, -0.2) is 56.7 Å². The number of H-pyrrole nitrogens is 1. The first-order chi connectivity index (χ1) is 14.0. The van der Waals surface area contributed by atoms with Crippen LogP contribution in [0.25, 0.3) is 22.3 Å². The molecule has 3 aromatic rings. The molecule has 29 heavy (non-hydrogen) atoms. The van der Waals surface area contributed by atoms with Gasteiger partial charge in [0.25, 0.3) is 0 Å². The SMILES string of the molecule is C=C(O)[C@H]1CN(c2cc(-c3n[nH]c4ccc(OC5(C)CC5)cc34)ncn2)CCO1. The lowest BCUT2D eigenvalue weighted by molar-refractivity contribution is 0.0380. The molecule has 2 N–H and O–H groups in total. The van der Waals surface area contributed by atoms with Gasteiger partial charge in [0, 0.05) is 18.0 Å². The Labute approximate surface area is 168 Å². The number of morpholine rings is 1. The highest BCUT2D eigenvalue weighted by Crippen LogP contribution is 2.40. The van der Waals surface area contributed by atoms with Crippen molar-refractivity contribution < 1.29 is 14.6 Å². The Morgan fingerprint density at radius 3 is 3.00 bits per heavy atom. The van der Waals surface area contributed by atoms with Gasteiger partial charge in [-0.05, 0) is 38.0 Å². The molecule has 8 nitrogen and oxygen atoms in total. The Hall–Kier alpha value is -3.13. The number of aromatic nitrogens is 4. The molecule has 0 amide bonds. The van der Waals surface area contributed by atoms with E-state index in [0.29, 0.717) is 19.7 Å². The van der Waals surface area contributed by atoms with Gasteiger partial charge < -0.3 is 19.5 Å². The second kappa shape index (κ2) is 6.73. The number of nitrogens with one attached hydrogen (secondary N) is 1. The average Bonchev–Trinajstić information content (AvgIpc) is 3.31. The minimum absolute atomic E-state index is 0.0270. The van der Waals surface area contributed by atoms with Crippen LogP contribution in [0.3, 0.4) is 0 Å². The highest BCUT2D eigenvalue weighted by Gasteiger charge is 2.40. The third-order valence-electron chi connectivity index (χ3n) is 5.51. The van der Waals surface area contributed by atoms with Crippen molar-refractivity contribution in [1.82, 2.24) is 20.2 Å². The van der Waals surface area contributed by atoms with Gasteiger partial charge in [-0.3, -0.25) is 5.10 Å². The van der Waals surface area contributed by atoms with Crippen LogP contribution in [0.15, 0.2) is 42.9 Å². The number of fused-ring (bicyclic) bond motifs is 1. The molecule has 0 bridgehead atoms. The summed E-state index contributed by atoms with van der Waals surface area (Å²) in [7, 11) is 0. The molecular formula is C21H23N5O3. The van der Waals surface area contributed by atoms with E-state index in [-0.39, 0.29) is 11.4 Å². The Morgan fingerprint density at radius 1 is 1.34 bits per heavy atom. The number of ether oxygens (including phenoxy) is 2. The summed E-state index contributed by atoms with van der Waals surface area (Å²) in [6.45, 7) is 7.37. The molecule has 5 rings (SSSR count). The van der Waals surface area contributed by atoms with E-state index in [1.54, 1.807) is 0 Å². The number of rotatable bonds is 5. The summed E-state index contributed by atoms with van der Waals surface area (Å²) < 4.78 is 11.6. The largest absolute Gasteiger partial charge is 0.510 e. The summed E-state index contributed by atoms with van der Waals surface area (Å²) in [5.41, 5.74) is 2.37. The smallest absolute Gasteiger partial charge is 0.132 e. The van der Waals surface area contributed by atoms with E-state index < -0.39 is 6.10 Å². The molecule has 150 valence electrons. The fourth-order valence-electron chi connectivity index (χ4n) is 3.52. The summed E-state index contributed by atoms with van der Waals surface area (Å²) >= 11 is 0. The van der Waals surface area contributed by atoms with Gasteiger partial charge in [-0.2, -0.15) is 5.10 Å². The molecule has 0 radical (unpaired) electrons. The Morgan fingerprint density at radius 2 is 2.21 bits per heavy atom. The van der Waals surface area contributed by atoms with Crippen LogP contribution in [0.5, 0.6) is 5.75 Å². The van der Waals surface area contributed by atoms with Crippen LogP contribution in [0.4, 0.5) is 5.82 Å². The first-order valence-corrected chi connectivity index (χ1v) is 9.75. The van der Waals surface area contributed by atoms with Crippen molar-refractivity contribution in [2.45, 2.75) is 31.5 Å². The van der Waals surface area contributed by atoms with Gasteiger partial charge in [0.05, 0.1) is 24.4 Å². The lowest BCUT2D eigenvalue weighted by Gasteiger charge is -2.33. The van der Waals surface area contributed by atoms with Crippen molar-refractivity contribution >= 4 is 16.7 Å². The van der Waals surface area contributed by atoms with E-state index in [2.05, 4.69) is 38.6 Å². The molecule has 8 heteroatoms. The zero-order chi connectivity index (χ0) is 20.0. The Kier molecular flexibility index (Phi) is 4.16.